The smallest absolute Gasteiger partial charge is 0.322 e. The van der Waals surface area contributed by atoms with Crippen molar-refractivity contribution in [2.45, 2.75) is 68.3 Å². The number of carbonyl (C=O) groups excluding carboxylic acids is 1. The Balaban J connectivity index is 1.69. The van der Waals surface area contributed by atoms with Gasteiger partial charge in [-0.2, -0.15) is 8.42 Å². The predicted molar refractivity (Wildman–Crippen MR) is 121 cm³/mol. The van der Waals surface area contributed by atoms with E-state index in [1.54, 1.807) is 0 Å². The summed E-state index contributed by atoms with van der Waals surface area (Å²) in [5, 5.41) is 8.45. The van der Waals surface area contributed by atoms with E-state index >= 15 is 4.39 Å². The molecule has 0 unspecified atom stereocenters. The van der Waals surface area contributed by atoms with E-state index < -0.39 is 20.7 Å². The molecule has 1 heterocycles. The van der Waals surface area contributed by atoms with Crippen molar-refractivity contribution in [3.8, 4) is 0 Å². The van der Waals surface area contributed by atoms with Crippen LogP contribution in [-0.2, 0) is 19.7 Å². The molecule has 2 aliphatic rings. The fraction of sp³-hybridized carbons (Fsp3) is 0.524. The maximum atomic E-state index is 15.2. The maximum Gasteiger partial charge on any atom is 0.322 e. The molecule has 2 N–H and O–H groups in total. The van der Waals surface area contributed by atoms with Crippen LogP contribution in [0.1, 0.15) is 56.9 Å². The van der Waals surface area contributed by atoms with Crippen LogP contribution in [0, 0.1) is 5.82 Å². The van der Waals surface area contributed by atoms with E-state index in [2.05, 4.69) is 22.5 Å². The Hall–Kier alpha value is -2.24. The second-order valence-electron chi connectivity index (χ2n) is 8.09. The van der Waals surface area contributed by atoms with E-state index in [0.717, 1.165) is 62.0 Å². The lowest BCUT2D eigenvalue weighted by Gasteiger charge is -2.34. The van der Waals surface area contributed by atoms with Crippen LogP contribution in [0.25, 0.3) is 0 Å². The number of likely N-dealkylation sites (N-methyl/N-ethyl adjacent to an activating group) is 1. The molecule has 2 saturated carbocycles. The Morgan fingerprint density at radius 3 is 2.62 bits per heavy atom. The summed E-state index contributed by atoms with van der Waals surface area (Å²) in [6.45, 7) is 2.90. The van der Waals surface area contributed by atoms with E-state index in [-0.39, 0.29) is 29.6 Å². The monoisotopic (exact) mass is 482 g/mol. The summed E-state index contributed by atoms with van der Waals surface area (Å²) < 4.78 is 42.0. The fourth-order valence-corrected chi connectivity index (χ4v) is 6.35. The van der Waals surface area contributed by atoms with Crippen molar-refractivity contribution in [2.24, 2.45) is 0 Å². The summed E-state index contributed by atoms with van der Waals surface area (Å²) in [6, 6.07) is 3.07. The number of hydrogen-bond donors (Lipinski definition) is 2. The van der Waals surface area contributed by atoms with Gasteiger partial charge >= 0.3 is 16.5 Å². The zero-order valence-corrected chi connectivity index (χ0v) is 19.4. The Kier molecular flexibility index (Phi) is 6.96. The molecule has 2 aliphatic carbocycles. The van der Waals surface area contributed by atoms with Gasteiger partial charge in [0.05, 0.1) is 0 Å². The number of sulfonamides is 1. The number of rotatable bonds is 10. The number of nitrogens with one attached hydrogen (secondary N) is 2. The molecule has 2 atom stereocenters. The summed E-state index contributed by atoms with van der Waals surface area (Å²) in [4.78, 5) is 19.0. The Morgan fingerprint density at radius 2 is 2.00 bits per heavy atom. The van der Waals surface area contributed by atoms with Gasteiger partial charge in [-0.05, 0) is 55.8 Å². The summed E-state index contributed by atoms with van der Waals surface area (Å²) in [6.07, 6.45) is 7.48. The molecule has 1 aromatic carbocycles. The first-order chi connectivity index (χ1) is 15.5. The maximum absolute atomic E-state index is 15.2. The molecular formula is C21H27FN4O4S2. The number of benzene rings is 1. The van der Waals surface area contributed by atoms with Gasteiger partial charge in [0.15, 0.2) is 0 Å². The van der Waals surface area contributed by atoms with E-state index in [1.165, 1.54) is 23.7 Å². The molecular weight excluding hydrogens is 455 g/mol. The number of anilines is 2. The lowest BCUT2D eigenvalue weighted by molar-refractivity contribution is -0.128. The van der Waals surface area contributed by atoms with Gasteiger partial charge in [0.25, 0.3) is 0 Å². The zero-order valence-electron chi connectivity index (χ0n) is 17.8. The minimum absolute atomic E-state index is 0.0153. The van der Waals surface area contributed by atoms with E-state index in [0.29, 0.717) is 10.2 Å². The minimum atomic E-state index is -4.50. The minimum Gasteiger partial charge on any atom is -0.380 e. The molecule has 0 aliphatic heterocycles. The first-order valence-electron chi connectivity index (χ1n) is 10.8. The average Bonchev–Trinajstić information content (AvgIpc) is 3.47. The Morgan fingerprint density at radius 1 is 1.25 bits per heavy atom. The van der Waals surface area contributed by atoms with Crippen LogP contribution in [-0.4, -0.2) is 38.5 Å². The average molecular weight is 483 g/mol. The molecule has 2 fully saturated rings. The fourth-order valence-electron chi connectivity index (χ4n) is 4.27. The summed E-state index contributed by atoms with van der Waals surface area (Å²) in [5.74, 6) is -0.725. The number of aromatic nitrogens is 1. The first-order valence-corrected chi connectivity index (χ1v) is 13.2. The number of thiazole rings is 1. The molecule has 0 saturated heterocycles. The van der Waals surface area contributed by atoms with E-state index in [1.807, 2.05) is 0 Å². The van der Waals surface area contributed by atoms with Crippen LogP contribution >= 0.6 is 11.3 Å². The predicted octanol–water partition coefficient (Wildman–Crippen LogP) is 3.78. The molecule has 0 amide bonds. The van der Waals surface area contributed by atoms with Gasteiger partial charge in [-0.1, -0.05) is 24.2 Å². The highest BCUT2D eigenvalue weighted by Gasteiger charge is 2.36. The van der Waals surface area contributed by atoms with Crippen LogP contribution in [0.15, 0.2) is 28.6 Å². The highest BCUT2D eigenvalue weighted by atomic mass is 32.2. The summed E-state index contributed by atoms with van der Waals surface area (Å²) in [5.41, 5.74) is 1.41. The van der Waals surface area contributed by atoms with Crippen molar-refractivity contribution in [2.75, 3.05) is 16.3 Å². The van der Waals surface area contributed by atoms with Crippen molar-refractivity contribution >= 4 is 38.7 Å². The largest absolute Gasteiger partial charge is 0.380 e. The molecule has 4 rings (SSSR count). The molecule has 32 heavy (non-hydrogen) atoms. The van der Waals surface area contributed by atoms with E-state index in [9.17, 15) is 13.2 Å². The zero-order chi connectivity index (χ0) is 22.7. The van der Waals surface area contributed by atoms with Gasteiger partial charge in [-0.3, -0.25) is 4.79 Å². The Bertz CT molecular complexity index is 1040. The SMILES string of the molecule is CCN[C@H]1CCCC[C@@H]1Nc1cc(F)c(S(=O)(=O)N(OC=O)c2nccs2)cc1C1CC1. The molecule has 0 spiro atoms. The molecule has 0 bridgehead atoms. The summed E-state index contributed by atoms with van der Waals surface area (Å²) in [7, 11) is -4.50. The standard InChI is InChI=1S/C21H27FN4O4S2/c1-2-23-17-5-3-4-6-18(17)25-19-12-16(22)20(11-15(19)14-7-8-14)32(28,29)26(30-13-27)21-24-9-10-31-21/h9-14,17-18,23,25H,2-8H2,1H3/t17-,18-/m0/s1. The van der Waals surface area contributed by atoms with Crippen LogP contribution in [0.3, 0.4) is 0 Å². The number of halogens is 1. The lowest BCUT2D eigenvalue weighted by Crippen LogP contribution is -2.46. The van der Waals surface area contributed by atoms with Crippen molar-refractivity contribution < 1.29 is 22.4 Å². The number of carbonyl (C=O) groups is 1. The third kappa shape index (κ3) is 4.74. The number of nitrogens with zero attached hydrogens (tertiary/aromatic N) is 2. The third-order valence-electron chi connectivity index (χ3n) is 5.90. The highest BCUT2D eigenvalue weighted by molar-refractivity contribution is 7.92. The van der Waals surface area contributed by atoms with Crippen LogP contribution in [0.5, 0.6) is 0 Å². The molecule has 11 heteroatoms. The van der Waals surface area contributed by atoms with Gasteiger partial charge in [-0.25, -0.2) is 9.37 Å². The van der Waals surface area contributed by atoms with Gasteiger partial charge in [-0.15, -0.1) is 11.3 Å². The molecule has 174 valence electrons. The van der Waals surface area contributed by atoms with Gasteiger partial charge in [0.2, 0.25) is 5.13 Å². The third-order valence-corrected chi connectivity index (χ3v) is 8.32. The summed E-state index contributed by atoms with van der Waals surface area (Å²) >= 11 is 0.962. The van der Waals surface area contributed by atoms with Crippen molar-refractivity contribution in [3.05, 3.63) is 35.1 Å². The van der Waals surface area contributed by atoms with Crippen molar-refractivity contribution in [3.63, 3.8) is 0 Å². The topological polar surface area (TPSA) is 101 Å². The van der Waals surface area contributed by atoms with Crippen molar-refractivity contribution in [1.82, 2.24) is 10.3 Å². The van der Waals surface area contributed by atoms with E-state index in [4.69, 9.17) is 4.84 Å². The highest BCUT2D eigenvalue weighted by Crippen LogP contribution is 2.45. The quantitative estimate of drug-likeness (QED) is 0.393. The first kappa shape index (κ1) is 22.9. The van der Waals surface area contributed by atoms with Gasteiger partial charge < -0.3 is 15.5 Å². The molecule has 1 aromatic heterocycles. The van der Waals surface area contributed by atoms with Gasteiger partial charge in [0, 0.05) is 29.3 Å². The Labute approximate surface area is 191 Å². The normalized spacial score (nSPS) is 21.2. The van der Waals surface area contributed by atoms with Gasteiger partial charge in [0.1, 0.15) is 10.7 Å². The van der Waals surface area contributed by atoms with Crippen LogP contribution < -0.4 is 15.1 Å². The lowest BCUT2D eigenvalue weighted by atomic mass is 9.89. The molecule has 0 radical (unpaired) electrons. The molecule has 8 nitrogen and oxygen atoms in total. The van der Waals surface area contributed by atoms with Crippen LogP contribution in [0.4, 0.5) is 15.2 Å². The molecule has 2 aromatic rings. The number of hydrogen-bond acceptors (Lipinski definition) is 8. The van der Waals surface area contributed by atoms with Crippen molar-refractivity contribution in [1.29, 1.82) is 0 Å². The second kappa shape index (κ2) is 9.72. The second-order valence-corrected chi connectivity index (χ2v) is 10.7. The van der Waals surface area contributed by atoms with Crippen LogP contribution in [0.2, 0.25) is 0 Å².